The monoisotopic (exact) mass is 253 g/mol. The Morgan fingerprint density at radius 1 is 1.44 bits per heavy atom. The van der Waals surface area contributed by atoms with E-state index >= 15 is 0 Å². The Kier molecular flexibility index (Phi) is 5.06. The van der Waals surface area contributed by atoms with Gasteiger partial charge in [0.15, 0.2) is 0 Å². The topological polar surface area (TPSA) is 102 Å². The van der Waals surface area contributed by atoms with Crippen molar-refractivity contribution in [1.29, 1.82) is 0 Å². The van der Waals surface area contributed by atoms with Crippen LogP contribution in [0.5, 0.6) is 5.75 Å². The predicted octanol–water partition coefficient (Wildman–Crippen LogP) is 1.11. The molecular weight excluding hydrogens is 240 g/mol. The van der Waals surface area contributed by atoms with Gasteiger partial charge in [-0.2, -0.15) is 0 Å². The molecule has 0 heterocycles. The van der Waals surface area contributed by atoms with Gasteiger partial charge in [0.25, 0.3) is 5.69 Å². The van der Waals surface area contributed by atoms with Crippen molar-refractivity contribution in [2.75, 3.05) is 19.8 Å². The average molecular weight is 253 g/mol. The van der Waals surface area contributed by atoms with Crippen molar-refractivity contribution in [1.82, 2.24) is 5.73 Å². The third-order valence-electron chi connectivity index (χ3n) is 2.14. The van der Waals surface area contributed by atoms with E-state index in [1.807, 2.05) is 0 Å². The number of nitro groups is 1. The van der Waals surface area contributed by atoms with E-state index in [-0.39, 0.29) is 18.9 Å². The zero-order valence-corrected chi connectivity index (χ0v) is 9.84. The maximum Gasteiger partial charge on any atom is 0.321 e. The Labute approximate surface area is 104 Å². The number of hydrogen-bond acceptors (Lipinski definition) is 5. The van der Waals surface area contributed by atoms with Gasteiger partial charge in [-0.15, -0.1) is 0 Å². The predicted molar refractivity (Wildman–Crippen MR) is 62.3 cm³/mol. The molecule has 1 rings (SSSR count). The van der Waals surface area contributed by atoms with Crippen LogP contribution in [0.3, 0.4) is 0 Å². The Hall–Kier alpha value is -2.15. The second kappa shape index (κ2) is 6.55. The molecule has 7 heteroatoms. The molecule has 0 aliphatic rings. The van der Waals surface area contributed by atoms with E-state index in [9.17, 15) is 14.9 Å². The van der Waals surface area contributed by atoms with Crippen LogP contribution in [0, 0.1) is 17.0 Å². The minimum Gasteiger partial charge on any atom is -0.490 e. The number of aryl methyl sites for hydroxylation is 1. The fraction of sp³-hybridized carbons (Fsp3) is 0.364. The van der Waals surface area contributed by atoms with Crippen molar-refractivity contribution in [2.45, 2.75) is 6.92 Å². The van der Waals surface area contributed by atoms with Crippen molar-refractivity contribution in [3.8, 4) is 5.75 Å². The summed E-state index contributed by atoms with van der Waals surface area (Å²) in [5.74, 6) is -0.289. The highest BCUT2D eigenvalue weighted by molar-refractivity contribution is 5.71. The molecule has 1 radical (unpaired) electrons. The van der Waals surface area contributed by atoms with Crippen molar-refractivity contribution in [2.24, 2.45) is 0 Å². The van der Waals surface area contributed by atoms with Crippen LogP contribution in [0.4, 0.5) is 5.69 Å². The number of benzene rings is 1. The van der Waals surface area contributed by atoms with Crippen LogP contribution < -0.4 is 10.5 Å². The first-order valence-electron chi connectivity index (χ1n) is 5.22. The summed E-state index contributed by atoms with van der Waals surface area (Å²) >= 11 is 0. The SMILES string of the molecule is Cc1ccc(OCCOC(=O)C[NH])cc1[N+](=O)[O-]. The smallest absolute Gasteiger partial charge is 0.321 e. The molecule has 1 aromatic rings. The van der Waals surface area contributed by atoms with Crippen molar-refractivity contribution >= 4 is 11.7 Å². The highest BCUT2D eigenvalue weighted by Crippen LogP contribution is 2.23. The normalized spacial score (nSPS) is 9.89. The lowest BCUT2D eigenvalue weighted by atomic mass is 10.2. The number of nitro benzene ring substituents is 1. The van der Waals surface area contributed by atoms with Crippen LogP contribution in [0.1, 0.15) is 5.56 Å². The summed E-state index contributed by atoms with van der Waals surface area (Å²) in [4.78, 5) is 20.9. The first kappa shape index (κ1) is 13.9. The molecule has 1 aromatic carbocycles. The first-order chi connectivity index (χ1) is 8.54. The van der Waals surface area contributed by atoms with E-state index in [1.54, 1.807) is 19.1 Å². The Morgan fingerprint density at radius 2 is 2.17 bits per heavy atom. The number of carbonyl (C=O) groups is 1. The van der Waals surface area contributed by atoms with Gasteiger partial charge in [-0.05, 0) is 19.1 Å². The molecule has 0 unspecified atom stereocenters. The quantitative estimate of drug-likeness (QED) is 0.327. The average Bonchev–Trinajstić information content (AvgIpc) is 2.35. The lowest BCUT2D eigenvalue weighted by Gasteiger charge is -2.07. The molecule has 97 valence electrons. The highest BCUT2D eigenvalue weighted by atomic mass is 16.6. The van der Waals surface area contributed by atoms with Crippen LogP contribution >= 0.6 is 0 Å². The maximum absolute atomic E-state index is 10.7. The zero-order valence-electron chi connectivity index (χ0n) is 9.84. The van der Waals surface area contributed by atoms with Gasteiger partial charge < -0.3 is 9.47 Å². The molecule has 18 heavy (non-hydrogen) atoms. The van der Waals surface area contributed by atoms with Gasteiger partial charge in [-0.25, -0.2) is 5.73 Å². The molecule has 1 N–H and O–H groups in total. The molecule has 0 spiro atoms. The lowest BCUT2D eigenvalue weighted by molar-refractivity contribution is -0.385. The number of rotatable bonds is 6. The minimum atomic E-state index is -0.631. The Bertz CT molecular complexity index is 447. The van der Waals surface area contributed by atoms with Crippen molar-refractivity contribution < 1.29 is 19.2 Å². The summed E-state index contributed by atoms with van der Waals surface area (Å²) in [7, 11) is 0. The molecule has 0 aliphatic heterocycles. The molecule has 0 amide bonds. The van der Waals surface area contributed by atoms with Gasteiger partial charge in [0.2, 0.25) is 0 Å². The van der Waals surface area contributed by atoms with Gasteiger partial charge in [0.1, 0.15) is 25.5 Å². The van der Waals surface area contributed by atoms with Gasteiger partial charge >= 0.3 is 5.97 Å². The third kappa shape index (κ3) is 4.02. The number of carbonyl (C=O) groups excluding carboxylic acids is 1. The first-order valence-corrected chi connectivity index (χ1v) is 5.22. The van der Waals surface area contributed by atoms with Crippen LogP contribution in [-0.4, -0.2) is 30.7 Å². The number of nitrogens with zero attached hydrogens (tertiary/aromatic N) is 1. The van der Waals surface area contributed by atoms with Gasteiger partial charge in [-0.1, -0.05) is 0 Å². The summed E-state index contributed by atoms with van der Waals surface area (Å²) < 4.78 is 9.83. The number of ether oxygens (including phenoxy) is 2. The van der Waals surface area contributed by atoms with Crippen LogP contribution in [0.2, 0.25) is 0 Å². The van der Waals surface area contributed by atoms with Gasteiger partial charge in [0.05, 0.1) is 11.0 Å². The third-order valence-corrected chi connectivity index (χ3v) is 2.14. The van der Waals surface area contributed by atoms with Gasteiger partial charge in [-0.3, -0.25) is 14.9 Å². The van der Waals surface area contributed by atoms with E-state index in [0.717, 1.165) is 0 Å². The summed E-state index contributed by atoms with van der Waals surface area (Å²) in [5.41, 5.74) is 7.25. The summed E-state index contributed by atoms with van der Waals surface area (Å²) in [6.07, 6.45) is 0. The van der Waals surface area contributed by atoms with E-state index in [4.69, 9.17) is 10.5 Å². The fourth-order valence-electron chi connectivity index (χ4n) is 1.24. The maximum atomic E-state index is 10.7. The number of esters is 1. The van der Waals surface area contributed by atoms with Crippen LogP contribution in [0.15, 0.2) is 18.2 Å². The lowest BCUT2D eigenvalue weighted by Crippen LogP contribution is -2.15. The summed E-state index contributed by atoms with van der Waals surface area (Å²) in [6, 6.07) is 4.51. The van der Waals surface area contributed by atoms with Gasteiger partial charge in [0, 0.05) is 5.56 Å². The largest absolute Gasteiger partial charge is 0.490 e. The van der Waals surface area contributed by atoms with Crippen LogP contribution in [-0.2, 0) is 9.53 Å². The Morgan fingerprint density at radius 3 is 2.78 bits per heavy atom. The zero-order chi connectivity index (χ0) is 13.5. The Balaban J connectivity index is 2.50. The number of hydrogen-bond donors (Lipinski definition) is 0. The molecule has 0 bridgehead atoms. The minimum absolute atomic E-state index is 0.0133. The van der Waals surface area contributed by atoms with Crippen molar-refractivity contribution in [3.05, 3.63) is 33.9 Å². The molecule has 0 atom stereocenters. The molecule has 0 fully saturated rings. The molecule has 0 aliphatic carbocycles. The standard InChI is InChI=1S/C11H13N2O5/c1-8-2-3-9(6-10(8)13(15)16)17-4-5-18-11(14)7-12/h2-3,6,12H,4-5,7H2,1H3. The van der Waals surface area contributed by atoms with E-state index < -0.39 is 17.4 Å². The second-order valence-electron chi connectivity index (χ2n) is 3.45. The molecule has 7 nitrogen and oxygen atoms in total. The fourth-order valence-corrected chi connectivity index (χ4v) is 1.24. The molecule has 0 aromatic heterocycles. The molecule has 0 saturated heterocycles. The van der Waals surface area contributed by atoms with E-state index in [0.29, 0.717) is 11.3 Å². The molecule has 0 saturated carbocycles. The highest BCUT2D eigenvalue weighted by Gasteiger charge is 2.11. The van der Waals surface area contributed by atoms with E-state index in [2.05, 4.69) is 4.74 Å². The summed E-state index contributed by atoms with van der Waals surface area (Å²) in [5, 5.41) is 10.7. The molecular formula is C11H13N2O5. The second-order valence-corrected chi connectivity index (χ2v) is 3.45. The summed E-state index contributed by atoms with van der Waals surface area (Å²) in [6.45, 7) is 1.30. The van der Waals surface area contributed by atoms with Crippen LogP contribution in [0.25, 0.3) is 0 Å². The van der Waals surface area contributed by atoms with Crippen molar-refractivity contribution in [3.63, 3.8) is 0 Å². The van der Waals surface area contributed by atoms with E-state index in [1.165, 1.54) is 6.07 Å². The number of nitrogens with one attached hydrogen (secondary N) is 1.